The van der Waals surface area contributed by atoms with Crippen LogP contribution in [0.4, 0.5) is 23.2 Å². The number of nitrogens with zero attached hydrogens (tertiary/aromatic N) is 2. The number of sulfonamides is 1. The van der Waals surface area contributed by atoms with Gasteiger partial charge in [-0.1, -0.05) is 49.2 Å². The number of alkyl halides is 3. The number of halogens is 4. The smallest absolute Gasteiger partial charge is 0.352 e. The first-order chi connectivity index (χ1) is 19.9. The van der Waals surface area contributed by atoms with E-state index in [1.165, 1.54) is 61.5 Å². The number of rotatable bonds is 10. The Balaban J connectivity index is 1.72. The van der Waals surface area contributed by atoms with E-state index in [9.17, 15) is 35.6 Å². The predicted molar refractivity (Wildman–Crippen MR) is 149 cm³/mol. The highest BCUT2D eigenvalue weighted by Gasteiger charge is 2.35. The number of nitrogens with one attached hydrogen (secondary N) is 1. The lowest BCUT2D eigenvalue weighted by molar-refractivity contribution is -0.139. The fraction of sp³-hybridized carbons (Fsp3) is 0.333. The van der Waals surface area contributed by atoms with Crippen molar-refractivity contribution < 1.29 is 35.6 Å². The van der Waals surface area contributed by atoms with Crippen LogP contribution in [0.3, 0.4) is 0 Å². The number of anilines is 1. The Morgan fingerprint density at radius 3 is 2.21 bits per heavy atom. The normalized spacial score (nSPS) is 14.8. The highest BCUT2D eigenvalue weighted by molar-refractivity contribution is 7.92. The van der Waals surface area contributed by atoms with E-state index in [4.69, 9.17) is 0 Å². The van der Waals surface area contributed by atoms with Crippen molar-refractivity contribution in [2.24, 2.45) is 0 Å². The molecule has 12 heteroatoms. The summed E-state index contributed by atoms with van der Waals surface area (Å²) in [6.07, 6.45) is -1.25. The van der Waals surface area contributed by atoms with Crippen LogP contribution in [-0.2, 0) is 32.3 Å². The van der Waals surface area contributed by atoms with Crippen molar-refractivity contribution in [2.75, 3.05) is 10.8 Å². The average molecular weight is 606 g/mol. The number of hydrogen-bond acceptors (Lipinski definition) is 4. The van der Waals surface area contributed by atoms with E-state index in [2.05, 4.69) is 5.32 Å². The van der Waals surface area contributed by atoms with Gasteiger partial charge in [-0.25, -0.2) is 12.8 Å². The van der Waals surface area contributed by atoms with Crippen molar-refractivity contribution in [1.82, 2.24) is 10.2 Å². The van der Waals surface area contributed by atoms with Gasteiger partial charge in [-0.15, -0.1) is 0 Å². The van der Waals surface area contributed by atoms with Crippen molar-refractivity contribution in [3.8, 4) is 0 Å². The van der Waals surface area contributed by atoms with Crippen LogP contribution in [0, 0.1) is 5.82 Å². The number of carbonyl (C=O) groups excluding carboxylic acids is 2. The van der Waals surface area contributed by atoms with E-state index in [0.29, 0.717) is 15.9 Å². The van der Waals surface area contributed by atoms with Crippen LogP contribution in [0.1, 0.15) is 43.7 Å². The molecule has 1 N–H and O–H groups in total. The molecule has 1 saturated carbocycles. The molecule has 3 aromatic rings. The summed E-state index contributed by atoms with van der Waals surface area (Å²) in [6.45, 7) is 0.437. The molecule has 1 atom stereocenters. The van der Waals surface area contributed by atoms with E-state index in [0.717, 1.165) is 42.7 Å². The van der Waals surface area contributed by atoms with Crippen LogP contribution in [0.25, 0.3) is 0 Å². The summed E-state index contributed by atoms with van der Waals surface area (Å²) < 4.78 is 82.3. The van der Waals surface area contributed by atoms with Crippen LogP contribution in [0.15, 0.2) is 83.8 Å². The number of hydrogen-bond donors (Lipinski definition) is 1. The largest absolute Gasteiger partial charge is 0.416 e. The van der Waals surface area contributed by atoms with E-state index in [-0.39, 0.29) is 23.2 Å². The van der Waals surface area contributed by atoms with Gasteiger partial charge in [-0.05, 0) is 67.8 Å². The van der Waals surface area contributed by atoms with E-state index in [1.54, 1.807) is 6.07 Å². The zero-order valence-corrected chi connectivity index (χ0v) is 23.7. The minimum atomic E-state index is -4.76. The summed E-state index contributed by atoms with van der Waals surface area (Å²) in [5, 5.41) is 2.92. The van der Waals surface area contributed by atoms with Gasteiger partial charge in [0.25, 0.3) is 10.0 Å². The first kappa shape index (κ1) is 31.0. The highest BCUT2D eigenvalue weighted by atomic mass is 32.2. The molecule has 1 aliphatic rings. The fourth-order valence-corrected chi connectivity index (χ4v) is 6.27. The van der Waals surface area contributed by atoms with E-state index < -0.39 is 52.0 Å². The molecule has 0 heterocycles. The maximum atomic E-state index is 13.9. The molecule has 0 aromatic heterocycles. The fourth-order valence-electron chi connectivity index (χ4n) is 4.85. The summed E-state index contributed by atoms with van der Waals surface area (Å²) in [6, 6.07) is 14.9. The zero-order valence-electron chi connectivity index (χ0n) is 22.9. The summed E-state index contributed by atoms with van der Waals surface area (Å²) in [5.74, 6) is -1.78. The van der Waals surface area contributed by atoms with Crippen molar-refractivity contribution in [3.05, 3.63) is 95.8 Å². The lowest BCUT2D eigenvalue weighted by Crippen LogP contribution is -2.52. The lowest BCUT2D eigenvalue weighted by Gasteiger charge is -2.32. The first-order valence-corrected chi connectivity index (χ1v) is 14.9. The molecule has 7 nitrogen and oxygen atoms in total. The third-order valence-electron chi connectivity index (χ3n) is 7.21. The Morgan fingerprint density at radius 1 is 0.952 bits per heavy atom. The monoisotopic (exact) mass is 605 g/mol. The molecular formula is C30H31F4N3O4S. The molecule has 224 valence electrons. The van der Waals surface area contributed by atoms with Gasteiger partial charge in [-0.3, -0.25) is 13.9 Å². The molecule has 0 saturated heterocycles. The molecule has 1 unspecified atom stereocenters. The quantitative estimate of drug-likeness (QED) is 0.309. The SMILES string of the molecule is CC(C(=O)NC1CCCC1)N(Cc1ccc(F)cc1)C(=O)CN(c1cccc(C(F)(F)F)c1)S(=O)(=O)c1ccccc1. The van der Waals surface area contributed by atoms with Gasteiger partial charge in [0.05, 0.1) is 16.1 Å². The third kappa shape index (κ3) is 7.47. The number of benzene rings is 3. The van der Waals surface area contributed by atoms with Crippen molar-refractivity contribution in [2.45, 2.75) is 62.3 Å². The molecule has 0 aliphatic heterocycles. The van der Waals surface area contributed by atoms with Crippen LogP contribution < -0.4 is 9.62 Å². The molecule has 3 aromatic carbocycles. The van der Waals surface area contributed by atoms with E-state index >= 15 is 0 Å². The summed E-state index contributed by atoms with van der Waals surface area (Å²) in [7, 11) is -4.52. The zero-order chi connectivity index (χ0) is 30.5. The molecule has 4 rings (SSSR count). The van der Waals surface area contributed by atoms with Crippen LogP contribution in [-0.4, -0.2) is 43.8 Å². The average Bonchev–Trinajstić information content (AvgIpc) is 3.48. The minimum absolute atomic E-state index is 0.0530. The Morgan fingerprint density at radius 2 is 1.60 bits per heavy atom. The Hall–Kier alpha value is -3.93. The topological polar surface area (TPSA) is 86.8 Å². The molecule has 0 spiro atoms. The minimum Gasteiger partial charge on any atom is -0.352 e. The molecule has 1 fully saturated rings. The van der Waals surface area contributed by atoms with Gasteiger partial charge in [0.1, 0.15) is 18.4 Å². The van der Waals surface area contributed by atoms with Gasteiger partial charge >= 0.3 is 6.18 Å². The number of amides is 2. The van der Waals surface area contributed by atoms with Crippen molar-refractivity contribution in [3.63, 3.8) is 0 Å². The second-order valence-electron chi connectivity index (χ2n) is 10.2. The van der Waals surface area contributed by atoms with Gasteiger partial charge in [0, 0.05) is 12.6 Å². The van der Waals surface area contributed by atoms with Crippen LogP contribution in [0.5, 0.6) is 0 Å². The molecule has 0 radical (unpaired) electrons. The van der Waals surface area contributed by atoms with Gasteiger partial charge in [-0.2, -0.15) is 13.2 Å². The lowest BCUT2D eigenvalue weighted by atomic mass is 10.1. The summed E-state index contributed by atoms with van der Waals surface area (Å²) in [5.41, 5.74) is -0.984. The summed E-state index contributed by atoms with van der Waals surface area (Å²) >= 11 is 0. The molecule has 0 bridgehead atoms. The maximum Gasteiger partial charge on any atom is 0.416 e. The molecular weight excluding hydrogens is 574 g/mol. The van der Waals surface area contributed by atoms with Crippen molar-refractivity contribution in [1.29, 1.82) is 0 Å². The van der Waals surface area contributed by atoms with Crippen molar-refractivity contribution >= 4 is 27.5 Å². The Kier molecular flexibility index (Phi) is 9.55. The second kappa shape index (κ2) is 12.9. The summed E-state index contributed by atoms with van der Waals surface area (Å²) in [4.78, 5) is 28.0. The highest BCUT2D eigenvalue weighted by Crippen LogP contribution is 2.33. The predicted octanol–water partition coefficient (Wildman–Crippen LogP) is 5.52. The third-order valence-corrected chi connectivity index (χ3v) is 8.99. The van der Waals surface area contributed by atoms with Gasteiger partial charge in [0.15, 0.2) is 0 Å². The standard InChI is InChI=1S/C30H31F4N3O4S/c1-21(29(39)35-25-9-5-6-10-25)36(19-22-14-16-24(31)17-15-22)28(38)20-37(42(40,41)27-12-3-2-4-13-27)26-11-7-8-23(18-26)30(32,33)34/h2-4,7-8,11-18,21,25H,5-6,9-10,19-20H2,1H3,(H,35,39). The number of carbonyl (C=O) groups is 2. The van der Waals surface area contributed by atoms with Crippen LogP contribution >= 0.6 is 0 Å². The molecule has 2 amide bonds. The Bertz CT molecular complexity index is 1490. The first-order valence-electron chi connectivity index (χ1n) is 13.5. The maximum absolute atomic E-state index is 13.9. The van der Waals surface area contributed by atoms with Gasteiger partial charge < -0.3 is 10.2 Å². The Labute approximate surface area is 242 Å². The second-order valence-corrected chi connectivity index (χ2v) is 12.0. The van der Waals surface area contributed by atoms with Gasteiger partial charge in [0.2, 0.25) is 11.8 Å². The molecule has 42 heavy (non-hydrogen) atoms. The van der Waals surface area contributed by atoms with E-state index in [1.807, 2.05) is 0 Å². The van der Waals surface area contributed by atoms with Crippen LogP contribution in [0.2, 0.25) is 0 Å². The molecule has 1 aliphatic carbocycles.